The summed E-state index contributed by atoms with van der Waals surface area (Å²) < 4.78 is 22.6. The maximum Gasteiger partial charge on any atom is 0.150 e. The summed E-state index contributed by atoms with van der Waals surface area (Å²) in [6.07, 6.45) is 0.761. The Bertz CT molecular complexity index is 531. The molecule has 18 heavy (non-hydrogen) atoms. The van der Waals surface area contributed by atoms with Crippen LogP contribution in [0.5, 0.6) is 0 Å². The zero-order valence-corrected chi connectivity index (χ0v) is 12.2. The average molecular weight is 308 g/mol. The molecule has 0 amide bonds. The SMILES string of the molecule is O=S1(=O)CCC(CNCc2ccc(Cl)c(Cl)c2)C1. The molecule has 0 aliphatic carbocycles. The molecule has 1 heterocycles. The Hall–Kier alpha value is -0.290. The predicted octanol–water partition coefficient (Wildman–Crippen LogP) is 2.52. The Balaban J connectivity index is 1.80. The highest BCUT2D eigenvalue weighted by molar-refractivity contribution is 7.91. The summed E-state index contributed by atoms with van der Waals surface area (Å²) in [4.78, 5) is 0. The quantitative estimate of drug-likeness (QED) is 0.929. The minimum atomic E-state index is -2.78. The van der Waals surface area contributed by atoms with Gasteiger partial charge in [0.15, 0.2) is 9.84 Å². The molecule has 0 radical (unpaired) electrons. The van der Waals surface area contributed by atoms with Crippen LogP contribution in [0.3, 0.4) is 0 Å². The highest BCUT2D eigenvalue weighted by atomic mass is 35.5. The zero-order valence-electron chi connectivity index (χ0n) is 9.83. The fourth-order valence-corrected chi connectivity index (χ4v) is 4.29. The molecular formula is C12H15Cl2NO2S. The van der Waals surface area contributed by atoms with Crippen molar-refractivity contribution in [2.45, 2.75) is 13.0 Å². The van der Waals surface area contributed by atoms with Crippen molar-refractivity contribution in [1.82, 2.24) is 5.32 Å². The van der Waals surface area contributed by atoms with Gasteiger partial charge in [0.05, 0.1) is 21.6 Å². The van der Waals surface area contributed by atoms with Crippen LogP contribution in [0, 0.1) is 5.92 Å². The van der Waals surface area contributed by atoms with Gasteiger partial charge in [-0.05, 0) is 36.6 Å². The van der Waals surface area contributed by atoms with Crippen molar-refractivity contribution >= 4 is 33.0 Å². The summed E-state index contributed by atoms with van der Waals surface area (Å²) in [5.41, 5.74) is 1.05. The van der Waals surface area contributed by atoms with Gasteiger partial charge in [-0.2, -0.15) is 0 Å². The molecule has 100 valence electrons. The third kappa shape index (κ3) is 3.85. The lowest BCUT2D eigenvalue weighted by atomic mass is 10.1. The molecule has 0 spiro atoms. The van der Waals surface area contributed by atoms with Crippen molar-refractivity contribution in [1.29, 1.82) is 0 Å². The molecule has 0 aromatic heterocycles. The average Bonchev–Trinajstić information content (AvgIpc) is 2.63. The van der Waals surface area contributed by atoms with Gasteiger partial charge in [-0.3, -0.25) is 0 Å². The van der Waals surface area contributed by atoms with Crippen LogP contribution in [0.15, 0.2) is 18.2 Å². The van der Waals surface area contributed by atoms with Crippen LogP contribution in [0.1, 0.15) is 12.0 Å². The van der Waals surface area contributed by atoms with E-state index in [9.17, 15) is 8.42 Å². The minimum absolute atomic E-state index is 0.234. The van der Waals surface area contributed by atoms with Gasteiger partial charge in [0, 0.05) is 6.54 Å². The summed E-state index contributed by atoms with van der Waals surface area (Å²) in [6.45, 7) is 1.40. The van der Waals surface area contributed by atoms with Crippen molar-refractivity contribution in [3.63, 3.8) is 0 Å². The second-order valence-electron chi connectivity index (χ2n) is 4.65. The van der Waals surface area contributed by atoms with E-state index in [1.165, 1.54) is 0 Å². The standard InChI is InChI=1S/C12H15Cl2NO2S/c13-11-2-1-9(5-12(11)14)6-15-7-10-3-4-18(16,17)8-10/h1-2,5,10,15H,3-4,6-8H2. The van der Waals surface area contributed by atoms with Crippen LogP contribution < -0.4 is 5.32 Å². The number of halogens is 2. The highest BCUT2D eigenvalue weighted by Gasteiger charge is 2.27. The van der Waals surface area contributed by atoms with Gasteiger partial charge in [-0.1, -0.05) is 29.3 Å². The van der Waals surface area contributed by atoms with Crippen molar-refractivity contribution < 1.29 is 8.42 Å². The first-order valence-corrected chi connectivity index (χ1v) is 8.39. The number of nitrogens with one attached hydrogen (secondary N) is 1. The summed E-state index contributed by atoms with van der Waals surface area (Å²) in [6, 6.07) is 5.50. The maximum atomic E-state index is 11.3. The molecule has 1 saturated heterocycles. The van der Waals surface area contributed by atoms with Crippen LogP contribution in [-0.2, 0) is 16.4 Å². The van der Waals surface area contributed by atoms with E-state index in [2.05, 4.69) is 5.32 Å². The molecule has 0 saturated carbocycles. The van der Waals surface area contributed by atoms with Crippen LogP contribution in [0.25, 0.3) is 0 Å². The second kappa shape index (κ2) is 5.78. The molecule has 3 nitrogen and oxygen atoms in total. The molecule has 1 aromatic carbocycles. The molecule has 1 fully saturated rings. The Labute approximate surface area is 117 Å². The van der Waals surface area contributed by atoms with E-state index in [1.807, 2.05) is 12.1 Å². The van der Waals surface area contributed by atoms with E-state index in [1.54, 1.807) is 6.07 Å². The number of benzene rings is 1. The molecule has 0 bridgehead atoms. The van der Waals surface area contributed by atoms with Crippen LogP contribution >= 0.6 is 23.2 Å². The van der Waals surface area contributed by atoms with E-state index in [4.69, 9.17) is 23.2 Å². The van der Waals surface area contributed by atoms with Crippen LogP contribution in [0.2, 0.25) is 10.0 Å². The van der Waals surface area contributed by atoms with Gasteiger partial charge < -0.3 is 5.32 Å². The minimum Gasteiger partial charge on any atom is -0.312 e. The Kier molecular flexibility index (Phi) is 4.54. The third-order valence-electron chi connectivity index (χ3n) is 3.07. The Morgan fingerprint density at radius 1 is 1.28 bits per heavy atom. The van der Waals surface area contributed by atoms with Gasteiger partial charge >= 0.3 is 0 Å². The van der Waals surface area contributed by atoms with Gasteiger partial charge in [-0.15, -0.1) is 0 Å². The molecule has 1 aromatic rings. The van der Waals surface area contributed by atoms with Gasteiger partial charge in [0.25, 0.3) is 0 Å². The topological polar surface area (TPSA) is 46.2 Å². The summed E-state index contributed by atoms with van der Waals surface area (Å²) in [7, 11) is -2.78. The molecule has 1 unspecified atom stereocenters. The van der Waals surface area contributed by atoms with E-state index in [-0.39, 0.29) is 5.92 Å². The number of hydrogen-bond acceptors (Lipinski definition) is 3. The van der Waals surface area contributed by atoms with E-state index < -0.39 is 9.84 Å². The molecule has 1 aliphatic heterocycles. The molecule has 6 heteroatoms. The lowest BCUT2D eigenvalue weighted by molar-refractivity contribution is 0.521. The summed E-state index contributed by atoms with van der Waals surface area (Å²) in [5.74, 6) is 0.866. The van der Waals surface area contributed by atoms with E-state index in [0.29, 0.717) is 28.1 Å². The monoisotopic (exact) mass is 307 g/mol. The molecule has 1 aliphatic rings. The van der Waals surface area contributed by atoms with E-state index >= 15 is 0 Å². The summed E-state index contributed by atoms with van der Waals surface area (Å²) in [5, 5.41) is 4.35. The first-order chi connectivity index (χ1) is 8.46. The van der Waals surface area contributed by atoms with Crippen molar-refractivity contribution in [2.75, 3.05) is 18.1 Å². The number of rotatable bonds is 4. The fourth-order valence-electron chi connectivity index (χ4n) is 2.10. The van der Waals surface area contributed by atoms with Crippen LogP contribution in [0.4, 0.5) is 0 Å². The van der Waals surface area contributed by atoms with E-state index in [0.717, 1.165) is 18.5 Å². The van der Waals surface area contributed by atoms with Gasteiger partial charge in [0.1, 0.15) is 0 Å². The number of sulfone groups is 1. The molecule has 1 N–H and O–H groups in total. The Morgan fingerprint density at radius 2 is 2.06 bits per heavy atom. The first-order valence-electron chi connectivity index (χ1n) is 5.81. The second-order valence-corrected chi connectivity index (χ2v) is 7.69. The lowest BCUT2D eigenvalue weighted by Crippen LogP contribution is -2.23. The molecule has 1 atom stereocenters. The largest absolute Gasteiger partial charge is 0.312 e. The fraction of sp³-hybridized carbons (Fsp3) is 0.500. The van der Waals surface area contributed by atoms with Gasteiger partial charge in [-0.25, -0.2) is 8.42 Å². The maximum absolute atomic E-state index is 11.3. The molecule has 2 rings (SSSR count). The normalized spacial score (nSPS) is 22.2. The van der Waals surface area contributed by atoms with Crippen molar-refractivity contribution in [3.8, 4) is 0 Å². The Morgan fingerprint density at radius 3 is 2.67 bits per heavy atom. The predicted molar refractivity (Wildman–Crippen MR) is 74.9 cm³/mol. The lowest BCUT2D eigenvalue weighted by Gasteiger charge is -2.10. The van der Waals surface area contributed by atoms with Gasteiger partial charge in [0.2, 0.25) is 0 Å². The summed E-state index contributed by atoms with van der Waals surface area (Å²) >= 11 is 11.7. The molecular weight excluding hydrogens is 293 g/mol. The van der Waals surface area contributed by atoms with Crippen LogP contribution in [-0.4, -0.2) is 26.5 Å². The van der Waals surface area contributed by atoms with Crippen molar-refractivity contribution in [3.05, 3.63) is 33.8 Å². The number of hydrogen-bond donors (Lipinski definition) is 1. The third-order valence-corrected chi connectivity index (χ3v) is 5.65. The first kappa shape index (κ1) is 14.1. The highest BCUT2D eigenvalue weighted by Crippen LogP contribution is 2.22. The van der Waals surface area contributed by atoms with Crippen molar-refractivity contribution in [2.24, 2.45) is 5.92 Å². The smallest absolute Gasteiger partial charge is 0.150 e. The zero-order chi connectivity index (χ0) is 13.2.